The lowest BCUT2D eigenvalue weighted by atomic mass is 10.2. The van der Waals surface area contributed by atoms with Crippen LogP contribution >= 0.6 is 11.8 Å². The second-order valence-electron chi connectivity index (χ2n) is 10.0. The third-order valence-corrected chi connectivity index (χ3v) is 6.94. The lowest BCUT2D eigenvalue weighted by Gasteiger charge is -2.29. The quantitative estimate of drug-likeness (QED) is 0.0961. The van der Waals surface area contributed by atoms with Gasteiger partial charge < -0.3 is 49.2 Å². The molecule has 0 saturated carbocycles. The maximum atomic E-state index is 12.3. The summed E-state index contributed by atoms with van der Waals surface area (Å²) < 4.78 is 27.0. The molecule has 1 aromatic rings. The van der Waals surface area contributed by atoms with Gasteiger partial charge >= 0.3 is 5.97 Å². The Labute approximate surface area is 253 Å². The van der Waals surface area contributed by atoms with Gasteiger partial charge in [0.2, 0.25) is 0 Å². The van der Waals surface area contributed by atoms with Crippen molar-refractivity contribution in [1.82, 2.24) is 15.2 Å². The van der Waals surface area contributed by atoms with Crippen LogP contribution in [0.5, 0.6) is 5.75 Å². The predicted molar refractivity (Wildman–Crippen MR) is 159 cm³/mol. The van der Waals surface area contributed by atoms with Crippen molar-refractivity contribution in [2.45, 2.75) is 38.2 Å². The van der Waals surface area contributed by atoms with Gasteiger partial charge in [0.05, 0.1) is 96.2 Å². The lowest BCUT2D eigenvalue weighted by Crippen LogP contribution is -2.37. The molecular weight excluding hydrogens is 570 g/mol. The molecular formula is C28H49N3O10S. The van der Waals surface area contributed by atoms with Crippen LogP contribution in [0.4, 0.5) is 0 Å². The van der Waals surface area contributed by atoms with Gasteiger partial charge in [0, 0.05) is 36.5 Å². The molecule has 0 fully saturated rings. The molecule has 0 aromatic carbocycles. The van der Waals surface area contributed by atoms with Crippen LogP contribution in [0.2, 0.25) is 0 Å². The van der Waals surface area contributed by atoms with Crippen molar-refractivity contribution >= 4 is 23.5 Å². The van der Waals surface area contributed by atoms with Crippen LogP contribution in [-0.2, 0) is 41.8 Å². The average molecular weight is 620 g/mol. The number of carbonyl (C=O) groups is 2. The molecule has 0 saturated heterocycles. The zero-order valence-corrected chi connectivity index (χ0v) is 26.0. The van der Waals surface area contributed by atoms with E-state index < -0.39 is 5.97 Å². The second-order valence-corrected chi connectivity index (χ2v) is 11.7. The summed E-state index contributed by atoms with van der Waals surface area (Å²) in [5.41, 5.74) is 0.907. The molecule has 14 heteroatoms. The van der Waals surface area contributed by atoms with Crippen LogP contribution in [0.15, 0.2) is 12.1 Å². The summed E-state index contributed by atoms with van der Waals surface area (Å²) in [5.74, 6) is 0.230. The Morgan fingerprint density at radius 3 is 2.00 bits per heavy atom. The molecule has 0 aliphatic heterocycles. The summed E-state index contributed by atoms with van der Waals surface area (Å²) in [5, 5.41) is 30.2. The Bertz CT molecular complexity index is 856. The number of hydrogen-bond donors (Lipinski definition) is 4. The molecule has 0 amide bonds. The Balaban J connectivity index is 2.01. The SMILES string of the molecule is CN(CCOc1cc(CO)nc(CO)c1)CC(C)(C)SCC(=O)CNCCOCCOCCOCCOCCC(=O)O. The topological polar surface area (TPSA) is 169 Å². The van der Waals surface area contributed by atoms with Crippen molar-refractivity contribution < 1.29 is 48.6 Å². The number of rotatable bonds is 28. The minimum atomic E-state index is -0.883. The minimum absolute atomic E-state index is 0.0127. The molecule has 0 unspecified atom stereocenters. The van der Waals surface area contributed by atoms with E-state index in [4.69, 9.17) is 28.8 Å². The number of carboxylic acids is 1. The summed E-state index contributed by atoms with van der Waals surface area (Å²) >= 11 is 1.62. The number of aliphatic hydroxyl groups is 2. The van der Waals surface area contributed by atoms with E-state index in [2.05, 4.69) is 29.0 Å². The molecule has 1 rings (SSSR count). The molecule has 1 heterocycles. The van der Waals surface area contributed by atoms with Crippen molar-refractivity contribution in [3.05, 3.63) is 23.5 Å². The number of aliphatic hydroxyl groups excluding tert-OH is 2. The Hall–Kier alpha value is -1.88. The monoisotopic (exact) mass is 619 g/mol. The third kappa shape index (κ3) is 20.9. The number of carbonyl (C=O) groups excluding carboxylic acids is 1. The number of aliphatic carboxylic acids is 1. The van der Waals surface area contributed by atoms with Crippen LogP contribution in [0.3, 0.4) is 0 Å². The number of nitrogens with one attached hydrogen (secondary N) is 1. The molecule has 13 nitrogen and oxygen atoms in total. The Morgan fingerprint density at radius 2 is 1.45 bits per heavy atom. The van der Waals surface area contributed by atoms with Crippen molar-refractivity contribution in [2.24, 2.45) is 0 Å². The smallest absolute Gasteiger partial charge is 0.305 e. The zero-order chi connectivity index (χ0) is 31.1. The van der Waals surface area contributed by atoms with Gasteiger partial charge in [-0.3, -0.25) is 14.6 Å². The summed E-state index contributed by atoms with van der Waals surface area (Å²) in [7, 11) is 2.00. The fraction of sp³-hybridized carbons (Fsp3) is 0.750. The predicted octanol–water partition coefficient (Wildman–Crippen LogP) is 0.588. The van der Waals surface area contributed by atoms with Gasteiger partial charge in [-0.1, -0.05) is 0 Å². The molecule has 42 heavy (non-hydrogen) atoms. The maximum Gasteiger partial charge on any atom is 0.305 e. The first-order valence-electron chi connectivity index (χ1n) is 14.1. The molecule has 1 aromatic heterocycles. The molecule has 0 radical (unpaired) electrons. The molecule has 0 spiro atoms. The molecule has 0 aliphatic carbocycles. The number of thioether (sulfide) groups is 1. The van der Waals surface area contributed by atoms with E-state index in [9.17, 15) is 19.8 Å². The number of pyridine rings is 1. The summed E-state index contributed by atoms with van der Waals surface area (Å²) in [4.78, 5) is 28.9. The van der Waals surface area contributed by atoms with E-state index in [0.29, 0.717) is 95.4 Å². The normalized spacial score (nSPS) is 11.8. The van der Waals surface area contributed by atoms with Crippen molar-refractivity contribution in [2.75, 3.05) is 98.4 Å². The standard InChI is InChI=1S/C28H49N3O10S/c1-28(2,22-31(3)6-9-41-26-16-23(19-32)30-24(17-26)20-33)42-21-25(34)18-29-5-8-38-11-13-40-15-14-39-12-10-37-7-4-27(35)36/h16-17,29,32-33H,4-15,18-22H2,1-3H3,(H,35,36). The van der Waals surface area contributed by atoms with Gasteiger partial charge in [-0.2, -0.15) is 0 Å². The highest BCUT2D eigenvalue weighted by Gasteiger charge is 2.22. The fourth-order valence-corrected chi connectivity index (χ4v) is 4.54. The highest BCUT2D eigenvalue weighted by Crippen LogP contribution is 2.25. The summed E-state index contributed by atoms with van der Waals surface area (Å²) in [6, 6.07) is 3.32. The first-order valence-corrected chi connectivity index (χ1v) is 15.1. The van der Waals surface area contributed by atoms with Crippen molar-refractivity contribution in [3.8, 4) is 5.75 Å². The highest BCUT2D eigenvalue weighted by molar-refractivity contribution is 8.01. The first-order chi connectivity index (χ1) is 20.1. The van der Waals surface area contributed by atoms with Gasteiger partial charge in [-0.25, -0.2) is 0 Å². The van der Waals surface area contributed by atoms with E-state index >= 15 is 0 Å². The largest absolute Gasteiger partial charge is 0.492 e. The second kappa shape index (κ2) is 23.6. The van der Waals surface area contributed by atoms with Crippen LogP contribution < -0.4 is 10.1 Å². The molecule has 0 bridgehead atoms. The number of aromatic nitrogens is 1. The van der Waals surface area contributed by atoms with Gasteiger partial charge in [0.15, 0.2) is 5.78 Å². The van der Waals surface area contributed by atoms with Crippen LogP contribution in [0, 0.1) is 0 Å². The number of carboxylic acid groups (broad SMARTS) is 1. The molecule has 242 valence electrons. The maximum absolute atomic E-state index is 12.3. The van der Waals surface area contributed by atoms with Crippen LogP contribution in [0.25, 0.3) is 0 Å². The number of ketones is 1. The van der Waals surface area contributed by atoms with E-state index in [1.165, 1.54) is 0 Å². The van der Waals surface area contributed by atoms with E-state index in [1.54, 1.807) is 23.9 Å². The van der Waals surface area contributed by atoms with Gasteiger partial charge in [-0.05, 0) is 20.9 Å². The molecule has 4 N–H and O–H groups in total. The third-order valence-electron chi connectivity index (χ3n) is 5.57. The van der Waals surface area contributed by atoms with Gasteiger partial charge in [-0.15, -0.1) is 11.8 Å². The summed E-state index contributed by atoms with van der Waals surface area (Å²) in [6.45, 7) is 9.71. The van der Waals surface area contributed by atoms with Gasteiger partial charge in [0.1, 0.15) is 12.4 Å². The van der Waals surface area contributed by atoms with Gasteiger partial charge in [0.25, 0.3) is 0 Å². The number of hydrogen-bond acceptors (Lipinski definition) is 13. The highest BCUT2D eigenvalue weighted by atomic mass is 32.2. The molecule has 0 aliphatic rings. The van der Waals surface area contributed by atoms with E-state index in [0.717, 1.165) is 6.54 Å². The fourth-order valence-electron chi connectivity index (χ4n) is 3.58. The van der Waals surface area contributed by atoms with Crippen molar-refractivity contribution in [3.63, 3.8) is 0 Å². The van der Waals surface area contributed by atoms with E-state index in [1.807, 2.05) is 7.05 Å². The molecule has 0 atom stereocenters. The van der Waals surface area contributed by atoms with Crippen LogP contribution in [0.1, 0.15) is 31.7 Å². The van der Waals surface area contributed by atoms with Crippen LogP contribution in [-0.4, -0.2) is 140 Å². The number of Topliss-reactive ketones (excluding diaryl/α,β-unsaturated/α-hetero) is 1. The first kappa shape index (κ1) is 38.1. The Morgan fingerprint density at radius 1 is 0.905 bits per heavy atom. The minimum Gasteiger partial charge on any atom is -0.492 e. The number of likely N-dealkylation sites (N-methyl/N-ethyl adjacent to an activating group) is 1. The van der Waals surface area contributed by atoms with Crippen molar-refractivity contribution in [1.29, 1.82) is 0 Å². The number of ether oxygens (including phenoxy) is 5. The average Bonchev–Trinajstić information content (AvgIpc) is 2.95. The zero-order valence-electron chi connectivity index (χ0n) is 25.2. The number of nitrogens with zero attached hydrogens (tertiary/aromatic N) is 2. The Kier molecular flexibility index (Phi) is 21.4. The summed E-state index contributed by atoms with van der Waals surface area (Å²) in [6.07, 6.45) is -0.0127. The lowest BCUT2D eigenvalue weighted by molar-refractivity contribution is -0.138. The van der Waals surface area contributed by atoms with E-state index in [-0.39, 0.29) is 36.8 Å².